The van der Waals surface area contributed by atoms with Gasteiger partial charge in [0.1, 0.15) is 0 Å². The van der Waals surface area contributed by atoms with E-state index in [-0.39, 0.29) is 18.0 Å². The third kappa shape index (κ3) is 4.02. The summed E-state index contributed by atoms with van der Waals surface area (Å²) in [5.74, 6) is 0.0927. The van der Waals surface area contributed by atoms with Crippen molar-refractivity contribution in [3.63, 3.8) is 0 Å². The molecule has 0 aromatic carbocycles. The number of hydrogen-bond donors (Lipinski definition) is 1. The Balaban J connectivity index is 1.91. The van der Waals surface area contributed by atoms with E-state index in [2.05, 4.69) is 19.9 Å². The summed E-state index contributed by atoms with van der Waals surface area (Å²) >= 11 is 1.61. The van der Waals surface area contributed by atoms with Gasteiger partial charge in [-0.05, 0) is 13.3 Å². The average molecular weight is 295 g/mol. The highest BCUT2D eigenvalue weighted by atomic mass is 32.1. The predicted molar refractivity (Wildman–Crippen MR) is 76.1 cm³/mol. The molecule has 0 aliphatic carbocycles. The van der Waals surface area contributed by atoms with Gasteiger partial charge < -0.3 is 15.2 Å². The average Bonchev–Trinajstić information content (AvgIpc) is 2.82. The zero-order chi connectivity index (χ0) is 14.4. The number of hydrogen-bond acceptors (Lipinski definition) is 8. The number of nitrogens with two attached hydrogens (primary N) is 1. The maximum atomic E-state index is 5.59. The van der Waals surface area contributed by atoms with Crippen LogP contribution in [-0.2, 0) is 6.42 Å². The molecule has 0 atom stereocenters. The lowest BCUT2D eigenvalue weighted by atomic mass is 10.3. The Morgan fingerprint density at radius 2 is 1.85 bits per heavy atom. The van der Waals surface area contributed by atoms with E-state index in [1.807, 2.05) is 19.4 Å². The lowest BCUT2D eigenvalue weighted by molar-refractivity contribution is 0.264. The van der Waals surface area contributed by atoms with Crippen molar-refractivity contribution in [3.8, 4) is 12.0 Å². The Morgan fingerprint density at radius 3 is 2.45 bits per heavy atom. The summed E-state index contributed by atoms with van der Waals surface area (Å²) in [4.78, 5) is 17.2. The molecule has 0 saturated carbocycles. The van der Waals surface area contributed by atoms with Crippen LogP contribution >= 0.6 is 11.3 Å². The Morgan fingerprint density at radius 1 is 1.15 bits per heavy atom. The van der Waals surface area contributed by atoms with Crippen LogP contribution in [0.15, 0.2) is 5.51 Å². The van der Waals surface area contributed by atoms with Crippen LogP contribution in [0.25, 0.3) is 0 Å². The third-order valence-corrected chi connectivity index (χ3v) is 3.45. The minimum atomic E-state index is 0.0927. The molecule has 2 aromatic rings. The largest absolute Gasteiger partial charge is 0.463 e. The Bertz CT molecular complexity index is 561. The number of nitrogen functional groups attached to an aromatic ring is 1. The fourth-order valence-corrected chi connectivity index (χ4v) is 2.24. The van der Waals surface area contributed by atoms with Gasteiger partial charge in [-0.3, -0.25) is 0 Å². The smallest absolute Gasteiger partial charge is 0.324 e. The van der Waals surface area contributed by atoms with Gasteiger partial charge in [-0.15, -0.1) is 16.3 Å². The highest BCUT2D eigenvalue weighted by Gasteiger charge is 2.07. The number of nitrogens with zero attached hydrogens (tertiary/aromatic N) is 4. The summed E-state index contributed by atoms with van der Waals surface area (Å²) in [5, 5.41) is 0. The number of anilines is 1. The number of ether oxygens (including phenoxy) is 2. The van der Waals surface area contributed by atoms with E-state index >= 15 is 0 Å². The number of aromatic nitrogens is 4. The molecule has 7 nitrogen and oxygen atoms in total. The van der Waals surface area contributed by atoms with Gasteiger partial charge in [0.2, 0.25) is 5.95 Å². The highest BCUT2D eigenvalue weighted by Crippen LogP contribution is 2.14. The first-order chi connectivity index (χ1) is 9.69. The Kier molecular flexibility index (Phi) is 5.05. The van der Waals surface area contributed by atoms with Crippen molar-refractivity contribution >= 4 is 17.3 Å². The maximum Gasteiger partial charge on any atom is 0.324 e. The standard InChI is InChI=1S/C12H17N5O2S/c1-3-5-18-11-15-10(13)16-12(17-11)19-6-4-9-8(2)14-7-20-9/h7H,3-6H2,1-2H3,(H2,13,15,16,17). The van der Waals surface area contributed by atoms with Gasteiger partial charge in [0.15, 0.2) is 0 Å². The number of rotatable bonds is 7. The topological polar surface area (TPSA) is 96.0 Å². The van der Waals surface area contributed by atoms with Gasteiger partial charge in [-0.1, -0.05) is 6.92 Å². The Labute approximate surface area is 121 Å². The molecule has 8 heteroatoms. The fourth-order valence-electron chi connectivity index (χ4n) is 1.48. The summed E-state index contributed by atoms with van der Waals surface area (Å²) in [6.45, 7) is 4.96. The molecule has 20 heavy (non-hydrogen) atoms. The summed E-state index contributed by atoms with van der Waals surface area (Å²) in [6, 6.07) is 0.383. The first-order valence-electron chi connectivity index (χ1n) is 6.35. The lowest BCUT2D eigenvalue weighted by Gasteiger charge is -2.06. The van der Waals surface area contributed by atoms with Crippen LogP contribution in [0.5, 0.6) is 12.0 Å². The first-order valence-corrected chi connectivity index (χ1v) is 7.23. The van der Waals surface area contributed by atoms with Crippen molar-refractivity contribution in [2.24, 2.45) is 0 Å². The lowest BCUT2D eigenvalue weighted by Crippen LogP contribution is -2.09. The van der Waals surface area contributed by atoms with E-state index in [4.69, 9.17) is 15.2 Å². The van der Waals surface area contributed by atoms with Crippen LogP contribution in [0.1, 0.15) is 23.9 Å². The van der Waals surface area contributed by atoms with Crippen molar-refractivity contribution in [1.29, 1.82) is 0 Å². The van der Waals surface area contributed by atoms with Crippen LogP contribution < -0.4 is 15.2 Å². The highest BCUT2D eigenvalue weighted by molar-refractivity contribution is 7.09. The Hall–Kier alpha value is -1.96. The zero-order valence-corrected chi connectivity index (χ0v) is 12.3. The zero-order valence-electron chi connectivity index (χ0n) is 11.5. The molecule has 0 bridgehead atoms. The molecule has 0 saturated heterocycles. The van der Waals surface area contributed by atoms with Gasteiger partial charge in [0, 0.05) is 11.3 Å². The van der Waals surface area contributed by atoms with Gasteiger partial charge in [-0.2, -0.15) is 9.97 Å². The van der Waals surface area contributed by atoms with Crippen LogP contribution in [0, 0.1) is 6.92 Å². The summed E-state index contributed by atoms with van der Waals surface area (Å²) in [6.07, 6.45) is 1.62. The van der Waals surface area contributed by atoms with E-state index in [9.17, 15) is 0 Å². The van der Waals surface area contributed by atoms with Crippen LogP contribution in [0.2, 0.25) is 0 Å². The molecule has 2 rings (SSSR count). The quantitative estimate of drug-likeness (QED) is 0.829. The molecule has 108 valence electrons. The third-order valence-electron chi connectivity index (χ3n) is 2.45. The molecule has 2 N–H and O–H groups in total. The molecular weight excluding hydrogens is 278 g/mol. The predicted octanol–water partition coefficient (Wildman–Crippen LogP) is 1.63. The molecule has 0 amide bonds. The minimum absolute atomic E-state index is 0.0927. The molecule has 0 radical (unpaired) electrons. The van der Waals surface area contributed by atoms with Crippen LogP contribution in [0.3, 0.4) is 0 Å². The second-order valence-electron chi connectivity index (χ2n) is 4.07. The van der Waals surface area contributed by atoms with E-state index in [1.165, 1.54) is 4.88 Å². The number of aryl methyl sites for hydroxylation is 1. The fraction of sp³-hybridized carbons (Fsp3) is 0.500. The molecule has 0 aliphatic rings. The molecule has 2 aromatic heterocycles. The maximum absolute atomic E-state index is 5.59. The molecule has 0 spiro atoms. The monoisotopic (exact) mass is 295 g/mol. The van der Waals surface area contributed by atoms with Gasteiger partial charge in [0.05, 0.1) is 24.4 Å². The summed E-state index contributed by atoms with van der Waals surface area (Å²) in [7, 11) is 0. The molecular formula is C12H17N5O2S. The molecule has 0 unspecified atom stereocenters. The van der Waals surface area contributed by atoms with Gasteiger partial charge >= 0.3 is 12.0 Å². The molecule has 0 fully saturated rings. The summed E-state index contributed by atoms with van der Waals surface area (Å²) in [5.41, 5.74) is 8.44. The van der Waals surface area contributed by atoms with E-state index in [0.717, 1.165) is 18.5 Å². The molecule has 2 heterocycles. The van der Waals surface area contributed by atoms with E-state index in [0.29, 0.717) is 13.2 Å². The second kappa shape index (κ2) is 6.99. The van der Waals surface area contributed by atoms with Crippen LogP contribution in [0.4, 0.5) is 5.95 Å². The van der Waals surface area contributed by atoms with Crippen molar-refractivity contribution in [2.75, 3.05) is 18.9 Å². The van der Waals surface area contributed by atoms with Gasteiger partial charge in [0.25, 0.3) is 0 Å². The minimum Gasteiger partial charge on any atom is -0.463 e. The summed E-state index contributed by atoms with van der Waals surface area (Å²) < 4.78 is 10.8. The van der Waals surface area contributed by atoms with Gasteiger partial charge in [-0.25, -0.2) is 4.98 Å². The SMILES string of the molecule is CCCOc1nc(N)nc(OCCc2scnc2C)n1. The van der Waals surface area contributed by atoms with Crippen LogP contribution in [-0.4, -0.2) is 33.1 Å². The van der Waals surface area contributed by atoms with E-state index in [1.54, 1.807) is 11.3 Å². The molecule has 0 aliphatic heterocycles. The first kappa shape index (κ1) is 14.4. The van der Waals surface area contributed by atoms with Crippen molar-refractivity contribution in [2.45, 2.75) is 26.7 Å². The second-order valence-corrected chi connectivity index (χ2v) is 5.01. The van der Waals surface area contributed by atoms with Crippen molar-refractivity contribution in [1.82, 2.24) is 19.9 Å². The van der Waals surface area contributed by atoms with E-state index < -0.39 is 0 Å². The van der Waals surface area contributed by atoms with Crippen molar-refractivity contribution < 1.29 is 9.47 Å². The normalized spacial score (nSPS) is 10.5. The number of thiazole rings is 1. The van der Waals surface area contributed by atoms with Crippen molar-refractivity contribution in [3.05, 3.63) is 16.1 Å².